The zero-order valence-electron chi connectivity index (χ0n) is 17.7. The van der Waals surface area contributed by atoms with Gasteiger partial charge in [-0.3, -0.25) is 4.79 Å². The lowest BCUT2D eigenvalue weighted by Crippen LogP contribution is -2.26. The molecule has 4 aromatic rings. The Morgan fingerprint density at radius 1 is 1.03 bits per heavy atom. The second-order valence-electron chi connectivity index (χ2n) is 7.22. The summed E-state index contributed by atoms with van der Waals surface area (Å²) in [6, 6.07) is 21.1. The molecule has 9 heteroatoms. The van der Waals surface area contributed by atoms with Crippen LogP contribution < -0.4 is 14.8 Å². The third-order valence-electron chi connectivity index (χ3n) is 5.01. The van der Waals surface area contributed by atoms with Crippen molar-refractivity contribution in [2.45, 2.75) is 11.3 Å². The van der Waals surface area contributed by atoms with E-state index in [1.165, 1.54) is 23.5 Å². The van der Waals surface area contributed by atoms with Crippen molar-refractivity contribution in [2.75, 3.05) is 19.0 Å². The first-order chi connectivity index (χ1) is 15.9. The molecule has 1 aromatic heterocycles. The summed E-state index contributed by atoms with van der Waals surface area (Å²) in [6.45, 7) is 0.292. The van der Waals surface area contributed by atoms with Gasteiger partial charge in [-0.2, -0.15) is 0 Å². The van der Waals surface area contributed by atoms with Gasteiger partial charge >= 0.3 is 0 Å². The van der Waals surface area contributed by atoms with Crippen LogP contribution in [-0.4, -0.2) is 28.0 Å². The Morgan fingerprint density at radius 3 is 2.45 bits per heavy atom. The van der Waals surface area contributed by atoms with E-state index in [1.54, 1.807) is 25.3 Å². The molecular weight excluding hydrogens is 480 g/mol. The van der Waals surface area contributed by atoms with Crippen LogP contribution in [0.5, 0.6) is 5.75 Å². The number of rotatable bonds is 8. The van der Waals surface area contributed by atoms with Gasteiger partial charge in [-0.15, -0.1) is 11.3 Å². The summed E-state index contributed by atoms with van der Waals surface area (Å²) < 4.78 is 33.8. The maximum atomic E-state index is 12.8. The summed E-state index contributed by atoms with van der Waals surface area (Å²) in [6.07, 6.45) is 0.593. The van der Waals surface area contributed by atoms with Crippen molar-refractivity contribution < 1.29 is 17.9 Å². The van der Waals surface area contributed by atoms with Gasteiger partial charge in [0, 0.05) is 22.3 Å². The van der Waals surface area contributed by atoms with Gasteiger partial charge in [0.15, 0.2) is 0 Å². The highest BCUT2D eigenvalue weighted by atomic mass is 35.5. The Morgan fingerprint density at radius 2 is 1.76 bits per heavy atom. The SMILES string of the molecule is COc1ccc2c(Cl)c(C(=O)Nc3ccc(S(=O)(=O)NCCc4ccccc4)cc3)sc2c1. The predicted molar refractivity (Wildman–Crippen MR) is 133 cm³/mol. The lowest BCUT2D eigenvalue weighted by Gasteiger charge is -2.09. The summed E-state index contributed by atoms with van der Waals surface area (Å²) in [5.41, 5.74) is 1.52. The number of anilines is 1. The molecule has 3 aromatic carbocycles. The largest absolute Gasteiger partial charge is 0.497 e. The minimum Gasteiger partial charge on any atom is -0.497 e. The van der Waals surface area contributed by atoms with Gasteiger partial charge < -0.3 is 10.1 Å². The molecule has 170 valence electrons. The zero-order valence-corrected chi connectivity index (χ0v) is 20.1. The van der Waals surface area contributed by atoms with Gasteiger partial charge in [0.2, 0.25) is 10.0 Å². The van der Waals surface area contributed by atoms with Crippen LogP contribution in [0.4, 0.5) is 5.69 Å². The van der Waals surface area contributed by atoms with Crippen LogP contribution in [0.3, 0.4) is 0 Å². The number of hydrogen-bond donors (Lipinski definition) is 2. The maximum Gasteiger partial charge on any atom is 0.267 e. The van der Waals surface area contributed by atoms with E-state index in [1.807, 2.05) is 42.5 Å². The highest BCUT2D eigenvalue weighted by Crippen LogP contribution is 2.37. The molecule has 0 aliphatic heterocycles. The first-order valence-electron chi connectivity index (χ1n) is 10.1. The van der Waals surface area contributed by atoms with Crippen LogP contribution in [0.1, 0.15) is 15.2 Å². The number of methoxy groups -OCH3 is 1. The number of nitrogens with one attached hydrogen (secondary N) is 2. The number of hydrogen-bond acceptors (Lipinski definition) is 5. The van der Waals surface area contributed by atoms with Crippen molar-refractivity contribution >= 4 is 54.6 Å². The number of fused-ring (bicyclic) bond motifs is 1. The number of thiophene rings is 1. The molecule has 0 aliphatic rings. The average molecular weight is 501 g/mol. The molecule has 0 saturated carbocycles. The third kappa shape index (κ3) is 5.36. The van der Waals surface area contributed by atoms with Crippen molar-refractivity contribution in [3.8, 4) is 5.75 Å². The van der Waals surface area contributed by atoms with Crippen LogP contribution in [0.25, 0.3) is 10.1 Å². The predicted octanol–water partition coefficient (Wildman–Crippen LogP) is 5.34. The molecule has 0 aliphatic carbocycles. The zero-order chi connectivity index (χ0) is 23.4. The molecule has 6 nitrogen and oxygen atoms in total. The summed E-state index contributed by atoms with van der Waals surface area (Å²) >= 11 is 7.68. The number of ether oxygens (including phenoxy) is 1. The normalized spacial score (nSPS) is 11.5. The van der Waals surface area contributed by atoms with Crippen LogP contribution in [-0.2, 0) is 16.4 Å². The van der Waals surface area contributed by atoms with Crippen molar-refractivity contribution in [3.05, 3.63) is 88.3 Å². The van der Waals surface area contributed by atoms with Gasteiger partial charge in [-0.05, 0) is 54.4 Å². The molecule has 4 rings (SSSR count). The van der Waals surface area contributed by atoms with Gasteiger partial charge in [0.05, 0.1) is 17.0 Å². The molecule has 2 N–H and O–H groups in total. The quantitative estimate of drug-likeness (QED) is 0.342. The molecule has 1 amide bonds. The Kier molecular flexibility index (Phi) is 6.99. The topological polar surface area (TPSA) is 84.5 Å². The van der Waals surface area contributed by atoms with Gasteiger partial charge in [0.25, 0.3) is 5.91 Å². The molecule has 0 fully saturated rings. The molecule has 0 bridgehead atoms. The van der Waals surface area contributed by atoms with E-state index in [9.17, 15) is 13.2 Å². The molecule has 0 spiro atoms. The van der Waals surface area contributed by atoms with E-state index in [4.69, 9.17) is 16.3 Å². The Hall–Kier alpha value is -2.91. The van der Waals surface area contributed by atoms with E-state index in [0.29, 0.717) is 34.3 Å². The monoisotopic (exact) mass is 500 g/mol. The second-order valence-corrected chi connectivity index (χ2v) is 10.4. The molecule has 33 heavy (non-hydrogen) atoms. The lowest BCUT2D eigenvalue weighted by atomic mass is 10.2. The fraction of sp³-hybridized carbons (Fsp3) is 0.125. The number of carbonyl (C=O) groups is 1. The van der Waals surface area contributed by atoms with Crippen LogP contribution >= 0.6 is 22.9 Å². The van der Waals surface area contributed by atoms with Crippen LogP contribution in [0.2, 0.25) is 5.02 Å². The molecule has 1 heterocycles. The van der Waals surface area contributed by atoms with Gasteiger partial charge in [-0.25, -0.2) is 13.1 Å². The van der Waals surface area contributed by atoms with Crippen LogP contribution in [0.15, 0.2) is 77.7 Å². The molecule has 0 radical (unpaired) electrons. The maximum absolute atomic E-state index is 12.8. The van der Waals surface area contributed by atoms with Crippen molar-refractivity contribution in [1.29, 1.82) is 0 Å². The fourth-order valence-corrected chi connectivity index (χ4v) is 5.75. The molecule has 0 saturated heterocycles. The average Bonchev–Trinajstić information content (AvgIpc) is 3.16. The summed E-state index contributed by atoms with van der Waals surface area (Å²) in [4.78, 5) is 13.3. The fourth-order valence-electron chi connectivity index (χ4n) is 3.28. The van der Waals surface area contributed by atoms with E-state index in [0.717, 1.165) is 15.6 Å². The lowest BCUT2D eigenvalue weighted by molar-refractivity contribution is 0.103. The van der Waals surface area contributed by atoms with E-state index in [-0.39, 0.29) is 10.8 Å². The number of carbonyl (C=O) groups excluding carboxylic acids is 1. The summed E-state index contributed by atoms with van der Waals surface area (Å²) in [5.74, 6) is 0.318. The molecular formula is C24H21ClN2O4S2. The highest BCUT2D eigenvalue weighted by molar-refractivity contribution is 7.89. The van der Waals surface area contributed by atoms with Gasteiger partial charge in [0.1, 0.15) is 10.6 Å². The number of amides is 1. The van der Waals surface area contributed by atoms with Crippen molar-refractivity contribution in [1.82, 2.24) is 4.72 Å². The molecule has 0 unspecified atom stereocenters. The Bertz CT molecular complexity index is 1390. The Balaban J connectivity index is 1.42. The van der Waals surface area contributed by atoms with Crippen LogP contribution in [0, 0.1) is 0 Å². The summed E-state index contributed by atoms with van der Waals surface area (Å²) in [5, 5.41) is 3.92. The van der Waals surface area contributed by atoms with Crippen molar-refractivity contribution in [3.63, 3.8) is 0 Å². The molecule has 0 atom stereocenters. The summed E-state index contributed by atoms with van der Waals surface area (Å²) in [7, 11) is -2.08. The highest BCUT2D eigenvalue weighted by Gasteiger charge is 2.19. The van der Waals surface area contributed by atoms with E-state index >= 15 is 0 Å². The Labute approximate surface area is 201 Å². The number of benzene rings is 3. The number of sulfonamides is 1. The standard InChI is InChI=1S/C24H21ClN2O4S2/c1-31-18-9-12-20-21(15-18)32-23(22(20)25)24(28)27-17-7-10-19(11-8-17)33(29,30)26-14-13-16-5-3-2-4-6-16/h2-12,15,26H,13-14H2,1H3,(H,27,28). The number of halogens is 1. The van der Waals surface area contributed by atoms with E-state index in [2.05, 4.69) is 10.0 Å². The first-order valence-corrected chi connectivity index (χ1v) is 12.8. The van der Waals surface area contributed by atoms with Crippen molar-refractivity contribution in [2.24, 2.45) is 0 Å². The smallest absolute Gasteiger partial charge is 0.267 e. The second kappa shape index (κ2) is 9.93. The third-order valence-corrected chi connectivity index (χ3v) is 8.15. The minimum atomic E-state index is -3.65. The minimum absolute atomic E-state index is 0.126. The van der Waals surface area contributed by atoms with Gasteiger partial charge in [-0.1, -0.05) is 41.9 Å². The van der Waals surface area contributed by atoms with E-state index < -0.39 is 10.0 Å². The first kappa shape index (κ1) is 23.3.